The average Bonchev–Trinajstić information content (AvgIpc) is 1.88. The molecule has 0 amide bonds. The Morgan fingerprint density at radius 3 is 2.78 bits per heavy atom. The molecule has 1 rings (SSSR count). The Hall–Kier alpha value is -0.700. The van der Waals surface area contributed by atoms with Crippen LogP contribution in [0.15, 0.2) is 18.2 Å². The fourth-order valence-corrected chi connectivity index (χ4v) is 0.762. The van der Waals surface area contributed by atoms with Gasteiger partial charge in [0.2, 0.25) is 0 Å². The third-order valence-electron chi connectivity index (χ3n) is 0.990. The predicted molar refractivity (Wildman–Crippen MR) is 41.3 cm³/mol. The summed E-state index contributed by atoms with van der Waals surface area (Å²) in [4.78, 5) is 3.99. The summed E-state index contributed by atoms with van der Waals surface area (Å²) < 4.78 is 0. The molecule has 0 aliphatic rings. The van der Waals surface area contributed by atoms with E-state index in [0.717, 1.165) is 5.69 Å². The second kappa shape index (κ2) is 2.73. The standard InChI is InChI=1S/C6H8N2S/c7-6-3-1-2-5(4-9)8-6/h1-3,9H,4H2,(H2,7,8). The number of hydrogen-bond donors (Lipinski definition) is 2. The van der Waals surface area contributed by atoms with Crippen molar-refractivity contribution in [3.05, 3.63) is 23.9 Å². The first-order chi connectivity index (χ1) is 4.33. The van der Waals surface area contributed by atoms with Crippen LogP contribution in [0.4, 0.5) is 5.82 Å². The number of anilines is 1. The van der Waals surface area contributed by atoms with Crippen LogP contribution >= 0.6 is 12.6 Å². The topological polar surface area (TPSA) is 38.9 Å². The summed E-state index contributed by atoms with van der Waals surface area (Å²) in [5.74, 6) is 1.20. The fraction of sp³-hybridized carbons (Fsp3) is 0.167. The fourth-order valence-electron chi connectivity index (χ4n) is 0.586. The molecular formula is C6H8N2S. The van der Waals surface area contributed by atoms with Crippen molar-refractivity contribution in [3.8, 4) is 0 Å². The zero-order valence-electron chi connectivity index (χ0n) is 4.91. The Labute approximate surface area is 59.5 Å². The molecule has 0 unspecified atom stereocenters. The molecule has 0 aliphatic heterocycles. The van der Waals surface area contributed by atoms with Crippen molar-refractivity contribution < 1.29 is 0 Å². The third kappa shape index (κ3) is 1.61. The lowest BCUT2D eigenvalue weighted by atomic mass is 10.4. The number of nitrogens with two attached hydrogens (primary N) is 1. The van der Waals surface area contributed by atoms with Crippen LogP contribution in [0.5, 0.6) is 0 Å². The maximum atomic E-state index is 5.39. The summed E-state index contributed by atoms with van der Waals surface area (Å²) in [7, 11) is 0. The average molecular weight is 140 g/mol. The first kappa shape index (κ1) is 6.42. The molecule has 0 radical (unpaired) electrons. The van der Waals surface area contributed by atoms with Crippen LogP contribution in [0.1, 0.15) is 5.69 Å². The van der Waals surface area contributed by atoms with Gasteiger partial charge in [-0.25, -0.2) is 4.98 Å². The normalized spacial score (nSPS) is 9.44. The summed E-state index contributed by atoms with van der Waals surface area (Å²) in [6, 6.07) is 5.52. The maximum Gasteiger partial charge on any atom is 0.123 e. The van der Waals surface area contributed by atoms with Gasteiger partial charge in [0, 0.05) is 5.75 Å². The zero-order chi connectivity index (χ0) is 6.69. The van der Waals surface area contributed by atoms with E-state index in [2.05, 4.69) is 17.6 Å². The van der Waals surface area contributed by atoms with Gasteiger partial charge in [0.05, 0.1) is 5.69 Å². The number of aromatic nitrogens is 1. The van der Waals surface area contributed by atoms with Gasteiger partial charge in [-0.2, -0.15) is 12.6 Å². The maximum absolute atomic E-state index is 5.39. The second-order valence-electron chi connectivity index (χ2n) is 1.71. The van der Waals surface area contributed by atoms with Crippen molar-refractivity contribution in [1.29, 1.82) is 0 Å². The molecule has 1 aromatic heterocycles. The quantitative estimate of drug-likeness (QED) is 0.573. The van der Waals surface area contributed by atoms with E-state index in [-0.39, 0.29) is 0 Å². The molecule has 0 saturated carbocycles. The van der Waals surface area contributed by atoms with Gasteiger partial charge in [0.25, 0.3) is 0 Å². The minimum absolute atomic E-state index is 0.557. The minimum Gasteiger partial charge on any atom is -0.384 e. The van der Waals surface area contributed by atoms with Gasteiger partial charge in [0.15, 0.2) is 0 Å². The van der Waals surface area contributed by atoms with Gasteiger partial charge in [0.1, 0.15) is 5.82 Å². The summed E-state index contributed by atoms with van der Waals surface area (Å²) >= 11 is 4.04. The van der Waals surface area contributed by atoms with E-state index < -0.39 is 0 Å². The van der Waals surface area contributed by atoms with Crippen LogP contribution in [0.3, 0.4) is 0 Å². The molecule has 1 aromatic rings. The van der Waals surface area contributed by atoms with E-state index in [1.54, 1.807) is 6.07 Å². The zero-order valence-corrected chi connectivity index (χ0v) is 5.81. The minimum atomic E-state index is 0.557. The Kier molecular flexibility index (Phi) is 1.95. The molecule has 0 saturated heterocycles. The monoisotopic (exact) mass is 140 g/mol. The molecule has 0 bridgehead atoms. The highest BCUT2D eigenvalue weighted by atomic mass is 32.1. The highest BCUT2D eigenvalue weighted by Crippen LogP contribution is 2.01. The van der Waals surface area contributed by atoms with Crippen molar-refractivity contribution in [2.24, 2.45) is 0 Å². The summed E-state index contributed by atoms with van der Waals surface area (Å²) in [5, 5.41) is 0. The third-order valence-corrected chi connectivity index (χ3v) is 1.31. The highest BCUT2D eigenvalue weighted by Gasteiger charge is 1.88. The van der Waals surface area contributed by atoms with Gasteiger partial charge in [-0.15, -0.1) is 0 Å². The van der Waals surface area contributed by atoms with Gasteiger partial charge in [-0.1, -0.05) is 6.07 Å². The van der Waals surface area contributed by atoms with Crippen molar-refractivity contribution in [1.82, 2.24) is 4.98 Å². The van der Waals surface area contributed by atoms with Gasteiger partial charge in [-0.3, -0.25) is 0 Å². The molecule has 48 valence electrons. The summed E-state index contributed by atoms with van der Waals surface area (Å²) in [6.45, 7) is 0. The molecule has 0 aliphatic carbocycles. The first-order valence-corrected chi connectivity index (χ1v) is 3.28. The largest absolute Gasteiger partial charge is 0.384 e. The lowest BCUT2D eigenvalue weighted by Gasteiger charge is -1.94. The lowest BCUT2D eigenvalue weighted by molar-refractivity contribution is 1.19. The Morgan fingerprint density at radius 2 is 2.33 bits per heavy atom. The van der Waals surface area contributed by atoms with E-state index >= 15 is 0 Å². The number of nitrogens with zero attached hydrogens (tertiary/aromatic N) is 1. The van der Waals surface area contributed by atoms with E-state index in [9.17, 15) is 0 Å². The number of thiol groups is 1. The van der Waals surface area contributed by atoms with E-state index in [4.69, 9.17) is 5.73 Å². The summed E-state index contributed by atoms with van der Waals surface area (Å²) in [5.41, 5.74) is 6.30. The molecule has 3 heteroatoms. The first-order valence-electron chi connectivity index (χ1n) is 2.65. The molecule has 1 heterocycles. The van der Waals surface area contributed by atoms with Crippen molar-refractivity contribution >= 4 is 18.4 Å². The number of pyridine rings is 1. The number of rotatable bonds is 1. The molecule has 0 aromatic carbocycles. The molecule has 0 fully saturated rings. The number of nitrogen functional groups attached to an aromatic ring is 1. The van der Waals surface area contributed by atoms with Gasteiger partial charge >= 0.3 is 0 Å². The Morgan fingerprint density at radius 1 is 1.56 bits per heavy atom. The Balaban J connectivity index is 2.94. The van der Waals surface area contributed by atoms with Crippen LogP contribution in [0.25, 0.3) is 0 Å². The second-order valence-corrected chi connectivity index (χ2v) is 2.03. The lowest BCUT2D eigenvalue weighted by Crippen LogP contribution is -1.91. The molecule has 2 N–H and O–H groups in total. The molecule has 2 nitrogen and oxygen atoms in total. The van der Waals surface area contributed by atoms with Crippen LogP contribution in [-0.2, 0) is 5.75 Å². The van der Waals surface area contributed by atoms with Crippen LogP contribution in [0.2, 0.25) is 0 Å². The molecule has 0 atom stereocenters. The van der Waals surface area contributed by atoms with Crippen LogP contribution in [0, 0.1) is 0 Å². The van der Waals surface area contributed by atoms with E-state index in [0.29, 0.717) is 11.6 Å². The van der Waals surface area contributed by atoms with Gasteiger partial charge in [-0.05, 0) is 12.1 Å². The van der Waals surface area contributed by atoms with Gasteiger partial charge < -0.3 is 5.73 Å². The van der Waals surface area contributed by atoms with E-state index in [1.807, 2.05) is 12.1 Å². The van der Waals surface area contributed by atoms with Crippen molar-refractivity contribution in [3.63, 3.8) is 0 Å². The Bertz CT molecular complexity index is 200. The summed E-state index contributed by atoms with van der Waals surface area (Å²) in [6.07, 6.45) is 0. The molecule has 0 spiro atoms. The highest BCUT2D eigenvalue weighted by molar-refractivity contribution is 7.79. The SMILES string of the molecule is Nc1cccc(CS)n1. The van der Waals surface area contributed by atoms with Crippen molar-refractivity contribution in [2.45, 2.75) is 5.75 Å². The molecular weight excluding hydrogens is 132 g/mol. The molecule has 9 heavy (non-hydrogen) atoms. The van der Waals surface area contributed by atoms with Crippen LogP contribution in [-0.4, -0.2) is 4.98 Å². The number of hydrogen-bond acceptors (Lipinski definition) is 3. The predicted octanol–water partition coefficient (Wildman–Crippen LogP) is 1.09. The smallest absolute Gasteiger partial charge is 0.123 e. The van der Waals surface area contributed by atoms with E-state index in [1.165, 1.54) is 0 Å². The van der Waals surface area contributed by atoms with Crippen LogP contribution < -0.4 is 5.73 Å². The van der Waals surface area contributed by atoms with Crippen molar-refractivity contribution in [2.75, 3.05) is 5.73 Å².